The van der Waals surface area contributed by atoms with Crippen LogP contribution < -0.4 is 5.32 Å². The zero-order valence-corrected chi connectivity index (χ0v) is 16.4. The van der Waals surface area contributed by atoms with Crippen molar-refractivity contribution < 1.29 is 9.72 Å². The molecular weight excluding hydrogens is 440 g/mol. The third-order valence-electron chi connectivity index (χ3n) is 3.76. The number of amides is 1. The molecule has 1 N–H and O–H groups in total. The molecule has 1 aromatic carbocycles. The average molecular weight is 454 g/mol. The number of carbonyl (C=O) groups is 1. The van der Waals surface area contributed by atoms with E-state index < -0.39 is 4.92 Å². The van der Waals surface area contributed by atoms with Gasteiger partial charge in [0.2, 0.25) is 5.91 Å². The van der Waals surface area contributed by atoms with Crippen LogP contribution in [0.3, 0.4) is 0 Å². The quantitative estimate of drug-likeness (QED) is 0.454. The number of halogens is 2. The van der Waals surface area contributed by atoms with Crippen molar-refractivity contribution in [2.45, 2.75) is 20.0 Å². The van der Waals surface area contributed by atoms with Crippen molar-refractivity contribution in [3.05, 3.63) is 67.5 Å². The first kappa shape index (κ1) is 19.1. The Kier molecular flexibility index (Phi) is 5.57. The summed E-state index contributed by atoms with van der Waals surface area (Å²) in [6.07, 6.45) is 3.23. The number of nitro groups is 1. The Hall–Kier alpha value is -2.72. The molecule has 2 heterocycles. The molecule has 1 amide bonds. The minimum atomic E-state index is -0.605. The Morgan fingerprint density at radius 2 is 2.07 bits per heavy atom. The van der Waals surface area contributed by atoms with Crippen molar-refractivity contribution in [1.29, 1.82) is 0 Å². The normalized spacial score (nSPS) is 10.8. The third-order valence-corrected chi connectivity index (χ3v) is 4.94. The van der Waals surface area contributed by atoms with Crippen LogP contribution in [0.15, 0.2) is 41.1 Å². The number of anilines is 1. The molecular formula is C16H14BrClN6O3. The van der Waals surface area contributed by atoms with E-state index in [-0.39, 0.29) is 22.7 Å². The van der Waals surface area contributed by atoms with Gasteiger partial charge in [0.1, 0.15) is 11.0 Å². The summed E-state index contributed by atoms with van der Waals surface area (Å²) < 4.78 is 3.21. The molecule has 0 aliphatic rings. The van der Waals surface area contributed by atoms with E-state index in [9.17, 15) is 14.9 Å². The van der Waals surface area contributed by atoms with Gasteiger partial charge in [-0.05, 0) is 45.5 Å². The number of nitrogens with one attached hydrogen (secondary N) is 1. The second-order valence-electron chi connectivity index (χ2n) is 5.74. The van der Waals surface area contributed by atoms with E-state index >= 15 is 0 Å². The highest BCUT2D eigenvalue weighted by atomic mass is 79.9. The van der Waals surface area contributed by atoms with Gasteiger partial charge >= 0.3 is 5.82 Å². The topological polar surface area (TPSA) is 108 Å². The molecule has 11 heteroatoms. The lowest BCUT2D eigenvalue weighted by atomic mass is 10.2. The van der Waals surface area contributed by atoms with Crippen LogP contribution in [0.1, 0.15) is 11.3 Å². The van der Waals surface area contributed by atoms with Gasteiger partial charge in [0, 0.05) is 11.2 Å². The smallest absolute Gasteiger partial charge is 0.358 e. The fourth-order valence-corrected chi connectivity index (χ4v) is 2.96. The van der Waals surface area contributed by atoms with E-state index in [1.54, 1.807) is 29.9 Å². The lowest BCUT2D eigenvalue weighted by Crippen LogP contribution is -2.20. The second-order valence-corrected chi connectivity index (χ2v) is 6.97. The maximum absolute atomic E-state index is 12.2. The van der Waals surface area contributed by atoms with E-state index in [0.29, 0.717) is 22.9 Å². The van der Waals surface area contributed by atoms with Crippen LogP contribution in [0, 0.1) is 17.0 Å². The first-order chi connectivity index (χ1) is 12.8. The third kappa shape index (κ3) is 4.52. The predicted octanol–water partition coefficient (Wildman–Crippen LogP) is 3.40. The molecule has 0 aliphatic heterocycles. The van der Waals surface area contributed by atoms with Crippen LogP contribution in [0.5, 0.6) is 0 Å². The number of rotatable bonds is 6. The SMILES string of the molecule is Cc1c(Br)c([N+](=O)[O-])nn1CC(=O)Nc1cnn(Cc2ccc(Cl)cc2)c1. The van der Waals surface area contributed by atoms with Gasteiger partial charge in [0.25, 0.3) is 0 Å². The summed E-state index contributed by atoms with van der Waals surface area (Å²) in [7, 11) is 0. The molecule has 0 radical (unpaired) electrons. The summed E-state index contributed by atoms with van der Waals surface area (Å²) in [5.41, 5.74) is 2.03. The van der Waals surface area contributed by atoms with E-state index in [0.717, 1.165) is 5.56 Å². The Balaban J connectivity index is 1.63. The van der Waals surface area contributed by atoms with Crippen LogP contribution in [0.25, 0.3) is 0 Å². The van der Waals surface area contributed by atoms with Gasteiger partial charge in [-0.15, -0.1) is 0 Å². The monoisotopic (exact) mass is 452 g/mol. The van der Waals surface area contributed by atoms with Crippen LogP contribution in [-0.2, 0) is 17.9 Å². The van der Waals surface area contributed by atoms with Crippen LogP contribution in [0.2, 0.25) is 5.02 Å². The Morgan fingerprint density at radius 1 is 1.37 bits per heavy atom. The van der Waals surface area contributed by atoms with E-state index in [1.165, 1.54) is 10.9 Å². The Labute approximate surface area is 167 Å². The molecule has 0 fully saturated rings. The van der Waals surface area contributed by atoms with Crippen molar-refractivity contribution in [3.63, 3.8) is 0 Å². The molecule has 0 unspecified atom stereocenters. The largest absolute Gasteiger partial charge is 0.404 e. The summed E-state index contributed by atoms with van der Waals surface area (Å²) in [6.45, 7) is 2.02. The Bertz CT molecular complexity index is 998. The maximum Gasteiger partial charge on any atom is 0.404 e. The molecule has 0 spiro atoms. The molecule has 9 nitrogen and oxygen atoms in total. The van der Waals surface area contributed by atoms with Crippen LogP contribution >= 0.6 is 27.5 Å². The number of benzene rings is 1. The maximum atomic E-state index is 12.2. The van der Waals surface area contributed by atoms with E-state index in [1.807, 2.05) is 12.1 Å². The minimum absolute atomic E-state index is 0.152. The highest BCUT2D eigenvalue weighted by Gasteiger charge is 2.24. The van der Waals surface area contributed by atoms with Gasteiger partial charge in [-0.3, -0.25) is 9.48 Å². The van der Waals surface area contributed by atoms with Crippen molar-refractivity contribution >= 4 is 44.9 Å². The molecule has 0 saturated carbocycles. The number of aromatic nitrogens is 4. The molecule has 0 saturated heterocycles. The first-order valence-electron chi connectivity index (χ1n) is 7.77. The summed E-state index contributed by atoms with van der Waals surface area (Å²) in [4.78, 5) is 22.5. The number of nitrogens with zero attached hydrogens (tertiary/aromatic N) is 5. The van der Waals surface area contributed by atoms with Crippen LogP contribution in [-0.4, -0.2) is 30.4 Å². The van der Waals surface area contributed by atoms with Crippen LogP contribution in [0.4, 0.5) is 11.5 Å². The summed E-state index contributed by atoms with van der Waals surface area (Å²) in [6, 6.07) is 7.39. The van der Waals surface area contributed by atoms with Gasteiger partial charge in [0.05, 0.1) is 29.2 Å². The number of hydrogen-bond acceptors (Lipinski definition) is 5. The average Bonchev–Trinajstić information content (AvgIpc) is 3.16. The van der Waals surface area contributed by atoms with Gasteiger partial charge in [0.15, 0.2) is 0 Å². The van der Waals surface area contributed by atoms with Crippen molar-refractivity contribution in [2.75, 3.05) is 5.32 Å². The molecule has 27 heavy (non-hydrogen) atoms. The van der Waals surface area contributed by atoms with E-state index in [4.69, 9.17) is 11.6 Å². The second kappa shape index (κ2) is 7.89. The lowest BCUT2D eigenvalue weighted by molar-refractivity contribution is -0.390. The zero-order valence-electron chi connectivity index (χ0n) is 14.1. The minimum Gasteiger partial charge on any atom is -0.358 e. The van der Waals surface area contributed by atoms with Gasteiger partial charge < -0.3 is 15.4 Å². The van der Waals surface area contributed by atoms with Gasteiger partial charge in [-0.2, -0.15) is 9.78 Å². The molecule has 140 valence electrons. The highest BCUT2D eigenvalue weighted by molar-refractivity contribution is 9.10. The van der Waals surface area contributed by atoms with Crippen molar-refractivity contribution in [3.8, 4) is 0 Å². The first-order valence-corrected chi connectivity index (χ1v) is 8.94. The van der Waals surface area contributed by atoms with Gasteiger partial charge in [-0.1, -0.05) is 23.7 Å². The lowest BCUT2D eigenvalue weighted by Gasteiger charge is -2.03. The predicted molar refractivity (Wildman–Crippen MR) is 103 cm³/mol. The van der Waals surface area contributed by atoms with E-state index in [2.05, 4.69) is 31.4 Å². The van der Waals surface area contributed by atoms with Crippen molar-refractivity contribution in [1.82, 2.24) is 19.6 Å². The summed E-state index contributed by atoms with van der Waals surface area (Å²) in [5, 5.41) is 22.3. The fourth-order valence-electron chi connectivity index (χ4n) is 2.41. The molecule has 0 aliphatic carbocycles. The highest BCUT2D eigenvalue weighted by Crippen LogP contribution is 2.26. The fraction of sp³-hybridized carbons (Fsp3) is 0.188. The summed E-state index contributed by atoms with van der Waals surface area (Å²) >= 11 is 8.98. The standard InChI is InChI=1S/C16H14BrClN6O3/c1-10-15(17)16(24(26)27)21-23(10)9-14(25)20-13-6-19-22(8-13)7-11-2-4-12(18)5-3-11/h2-6,8H,7,9H2,1H3,(H,20,25). The molecule has 3 rings (SSSR count). The Morgan fingerprint density at radius 3 is 2.70 bits per heavy atom. The van der Waals surface area contributed by atoms with Gasteiger partial charge in [-0.25, -0.2) is 0 Å². The molecule has 3 aromatic rings. The molecule has 2 aromatic heterocycles. The molecule has 0 bridgehead atoms. The zero-order chi connectivity index (χ0) is 19.6. The van der Waals surface area contributed by atoms with Crippen molar-refractivity contribution in [2.24, 2.45) is 0 Å². The summed E-state index contributed by atoms with van der Waals surface area (Å²) in [5.74, 6) is -0.690. The number of hydrogen-bond donors (Lipinski definition) is 1. The molecule has 0 atom stereocenters. The number of carbonyl (C=O) groups excluding carboxylic acids is 1.